The van der Waals surface area contributed by atoms with E-state index in [1.807, 2.05) is 0 Å². The van der Waals surface area contributed by atoms with E-state index in [4.69, 9.17) is 13.9 Å². The van der Waals surface area contributed by atoms with Gasteiger partial charge in [0, 0.05) is 19.4 Å². The first-order valence-corrected chi connectivity index (χ1v) is 12.9. The van der Waals surface area contributed by atoms with Gasteiger partial charge in [-0.2, -0.15) is 0 Å². The number of Topliss-reactive ketones (excluding diaryl/α,β-unsaturated/α-hetero) is 1. The lowest BCUT2D eigenvalue weighted by molar-refractivity contribution is -0.246. The van der Waals surface area contributed by atoms with E-state index in [-0.39, 0.29) is 29.3 Å². The summed E-state index contributed by atoms with van der Waals surface area (Å²) in [4.78, 5) is 11.5. The van der Waals surface area contributed by atoms with Crippen LogP contribution in [0.2, 0.25) is 18.1 Å². The summed E-state index contributed by atoms with van der Waals surface area (Å²) in [6.07, 6.45) is 6.55. The Kier molecular flexibility index (Phi) is 9.30. The van der Waals surface area contributed by atoms with Crippen LogP contribution >= 0.6 is 0 Å². The van der Waals surface area contributed by atoms with Gasteiger partial charge in [-0.25, -0.2) is 0 Å². The number of rotatable bonds is 10. The lowest BCUT2D eigenvalue weighted by Crippen LogP contribution is -2.43. The Morgan fingerprint density at radius 2 is 1.76 bits per heavy atom. The Hall–Kier alpha value is -0.233. The summed E-state index contributed by atoms with van der Waals surface area (Å²) in [6.45, 7) is 15.9. The minimum Gasteiger partial charge on any atom is -0.417 e. The summed E-state index contributed by atoms with van der Waals surface area (Å²) in [7, 11) is -1.72. The van der Waals surface area contributed by atoms with E-state index < -0.39 is 8.32 Å². The third-order valence-electron chi connectivity index (χ3n) is 5.48. The van der Waals surface area contributed by atoms with Crippen molar-refractivity contribution >= 4 is 14.1 Å². The number of ketones is 1. The van der Waals surface area contributed by atoms with Gasteiger partial charge >= 0.3 is 0 Å². The first kappa shape index (κ1) is 22.8. The number of unbranched alkanes of at least 4 members (excludes halogenated alkanes) is 2. The van der Waals surface area contributed by atoms with Crippen molar-refractivity contribution < 1.29 is 18.7 Å². The maximum absolute atomic E-state index is 11.5. The second-order valence-corrected chi connectivity index (χ2v) is 13.8. The molecule has 0 aromatic rings. The van der Waals surface area contributed by atoms with Crippen LogP contribution in [0.25, 0.3) is 0 Å². The zero-order valence-corrected chi connectivity index (χ0v) is 18.5. The van der Waals surface area contributed by atoms with Gasteiger partial charge in [0.05, 0.1) is 12.2 Å². The van der Waals surface area contributed by atoms with Crippen molar-refractivity contribution in [3.05, 3.63) is 0 Å². The molecule has 1 aliphatic heterocycles. The summed E-state index contributed by atoms with van der Waals surface area (Å²) in [5.41, 5.74) is 0. The molecule has 5 heteroatoms. The fourth-order valence-electron chi connectivity index (χ4n) is 2.86. The standard InChI is InChI=1S/C20H40O4Si/c1-8-9-10-11-19-23-17(15-18(24-19)14-16(2)21)12-13-22-25(6,7)20(3,4)5/h17-19H,8-15H2,1-7H3/t17-,18+,19-/m1/s1. The number of carbonyl (C=O) groups is 1. The Morgan fingerprint density at radius 3 is 2.32 bits per heavy atom. The molecule has 0 bridgehead atoms. The molecule has 1 fully saturated rings. The molecule has 1 heterocycles. The minimum absolute atomic E-state index is 0.00394. The van der Waals surface area contributed by atoms with Crippen LogP contribution in [-0.2, 0) is 18.7 Å². The summed E-state index contributed by atoms with van der Waals surface area (Å²) in [5, 5.41) is 0.226. The maximum atomic E-state index is 11.5. The first-order chi connectivity index (χ1) is 11.5. The minimum atomic E-state index is -1.72. The molecule has 1 rings (SSSR count). The predicted octanol–water partition coefficient (Wildman–Crippen LogP) is 5.46. The molecule has 1 saturated heterocycles. The number of ether oxygens (including phenoxy) is 2. The van der Waals surface area contributed by atoms with E-state index in [1.165, 1.54) is 12.8 Å². The molecule has 0 aliphatic carbocycles. The lowest BCUT2D eigenvalue weighted by atomic mass is 10.0. The van der Waals surface area contributed by atoms with Crippen LogP contribution in [0.3, 0.4) is 0 Å². The normalized spacial score (nSPS) is 25.2. The monoisotopic (exact) mass is 372 g/mol. The Labute approximate surface area is 156 Å². The van der Waals surface area contributed by atoms with Gasteiger partial charge in [0.2, 0.25) is 0 Å². The molecule has 0 N–H and O–H groups in total. The third-order valence-corrected chi connectivity index (χ3v) is 10.0. The largest absolute Gasteiger partial charge is 0.417 e. The molecule has 0 amide bonds. The number of hydrogen-bond donors (Lipinski definition) is 0. The van der Waals surface area contributed by atoms with Gasteiger partial charge in [0.25, 0.3) is 0 Å². The Balaban J connectivity index is 2.53. The molecule has 3 atom stereocenters. The van der Waals surface area contributed by atoms with Crippen molar-refractivity contribution in [1.82, 2.24) is 0 Å². The highest BCUT2D eigenvalue weighted by Gasteiger charge is 2.37. The van der Waals surface area contributed by atoms with E-state index in [9.17, 15) is 4.79 Å². The van der Waals surface area contributed by atoms with Gasteiger partial charge in [-0.05, 0) is 44.3 Å². The first-order valence-electron chi connectivity index (χ1n) is 9.99. The molecule has 4 nitrogen and oxygen atoms in total. The van der Waals surface area contributed by atoms with Crippen molar-refractivity contribution in [3.8, 4) is 0 Å². The smallest absolute Gasteiger partial charge is 0.191 e. The summed E-state index contributed by atoms with van der Waals surface area (Å²) in [5.74, 6) is 0.190. The van der Waals surface area contributed by atoms with E-state index >= 15 is 0 Å². The van der Waals surface area contributed by atoms with Crippen molar-refractivity contribution in [2.45, 2.75) is 116 Å². The number of carbonyl (C=O) groups excluding carboxylic acids is 1. The SMILES string of the molecule is CCCCC[C@@H]1O[C@H](CCO[Si](C)(C)C(C)(C)C)C[C@H](CC(C)=O)O1. The van der Waals surface area contributed by atoms with Gasteiger partial charge in [0.15, 0.2) is 14.6 Å². The summed E-state index contributed by atoms with van der Waals surface area (Å²) in [6, 6.07) is 0. The van der Waals surface area contributed by atoms with E-state index in [0.717, 1.165) is 32.3 Å². The molecule has 148 valence electrons. The van der Waals surface area contributed by atoms with E-state index in [2.05, 4.69) is 40.8 Å². The third kappa shape index (κ3) is 8.33. The maximum Gasteiger partial charge on any atom is 0.191 e. The molecule has 0 spiro atoms. The molecule has 0 aromatic heterocycles. The Bertz CT molecular complexity index is 403. The van der Waals surface area contributed by atoms with Gasteiger partial charge in [0.1, 0.15) is 5.78 Å². The average Bonchev–Trinajstić information content (AvgIpc) is 2.45. The molecule has 0 aromatic carbocycles. The molecule has 0 radical (unpaired) electrons. The van der Waals surface area contributed by atoms with Crippen LogP contribution in [0.4, 0.5) is 0 Å². The van der Waals surface area contributed by atoms with Gasteiger partial charge in [-0.15, -0.1) is 0 Å². The zero-order valence-electron chi connectivity index (χ0n) is 17.5. The van der Waals surface area contributed by atoms with Crippen LogP contribution in [0.5, 0.6) is 0 Å². The molecular weight excluding hydrogens is 332 g/mol. The summed E-state index contributed by atoms with van der Waals surface area (Å²) < 4.78 is 18.4. The zero-order chi connectivity index (χ0) is 19.1. The molecule has 25 heavy (non-hydrogen) atoms. The van der Waals surface area contributed by atoms with E-state index in [0.29, 0.717) is 6.42 Å². The van der Waals surface area contributed by atoms with Crippen LogP contribution in [-0.4, -0.2) is 39.2 Å². The van der Waals surface area contributed by atoms with Crippen LogP contribution < -0.4 is 0 Å². The van der Waals surface area contributed by atoms with Crippen molar-refractivity contribution in [1.29, 1.82) is 0 Å². The highest BCUT2D eigenvalue weighted by Crippen LogP contribution is 2.37. The second kappa shape index (κ2) is 10.2. The topological polar surface area (TPSA) is 44.8 Å². The van der Waals surface area contributed by atoms with Crippen LogP contribution in [0, 0.1) is 0 Å². The fourth-order valence-corrected chi connectivity index (χ4v) is 3.92. The highest BCUT2D eigenvalue weighted by atomic mass is 28.4. The van der Waals surface area contributed by atoms with Crippen molar-refractivity contribution in [3.63, 3.8) is 0 Å². The number of hydrogen-bond acceptors (Lipinski definition) is 4. The molecule has 0 saturated carbocycles. The molecule has 1 aliphatic rings. The average molecular weight is 373 g/mol. The molecule has 0 unspecified atom stereocenters. The van der Waals surface area contributed by atoms with Gasteiger partial charge in [-0.1, -0.05) is 40.5 Å². The molecular formula is C20H40O4Si. The van der Waals surface area contributed by atoms with E-state index in [1.54, 1.807) is 6.92 Å². The fraction of sp³-hybridized carbons (Fsp3) is 0.950. The second-order valence-electron chi connectivity index (χ2n) is 8.98. The van der Waals surface area contributed by atoms with Crippen LogP contribution in [0.1, 0.15) is 79.6 Å². The predicted molar refractivity (Wildman–Crippen MR) is 105 cm³/mol. The lowest BCUT2D eigenvalue weighted by Gasteiger charge is -2.38. The van der Waals surface area contributed by atoms with Crippen LogP contribution in [0.15, 0.2) is 0 Å². The highest BCUT2D eigenvalue weighted by molar-refractivity contribution is 6.74. The van der Waals surface area contributed by atoms with Crippen molar-refractivity contribution in [2.75, 3.05) is 6.61 Å². The Morgan fingerprint density at radius 1 is 1.12 bits per heavy atom. The van der Waals surface area contributed by atoms with Gasteiger partial charge < -0.3 is 13.9 Å². The van der Waals surface area contributed by atoms with Crippen molar-refractivity contribution in [2.24, 2.45) is 0 Å². The van der Waals surface area contributed by atoms with Gasteiger partial charge in [-0.3, -0.25) is 4.79 Å². The quantitative estimate of drug-likeness (QED) is 0.377. The summed E-state index contributed by atoms with van der Waals surface area (Å²) >= 11 is 0.